The Hall–Kier alpha value is -2.03. The van der Waals surface area contributed by atoms with E-state index in [0.717, 1.165) is 41.7 Å². The first-order valence-electron chi connectivity index (χ1n) is 9.24. The van der Waals surface area contributed by atoms with Crippen LogP contribution in [0, 0.1) is 0 Å². The standard InChI is InChI=1S/C19H20N4O2S2/c24-16-11-14(20-19-23(16)8-10-27-19)12-21-4-6-22(7-5-21)18(25)17-15(3-9-26-17)13-1-2-13/h3,8-11,13H,1-2,4-7,12H2. The van der Waals surface area contributed by atoms with Gasteiger partial charge in [-0.2, -0.15) is 0 Å². The lowest BCUT2D eigenvalue weighted by Crippen LogP contribution is -2.48. The smallest absolute Gasteiger partial charge is 0.264 e. The van der Waals surface area contributed by atoms with Gasteiger partial charge in [0, 0.05) is 50.4 Å². The molecule has 0 bridgehead atoms. The van der Waals surface area contributed by atoms with Crippen LogP contribution in [0.5, 0.6) is 0 Å². The molecule has 1 aliphatic carbocycles. The highest BCUT2D eigenvalue weighted by Gasteiger charge is 2.31. The summed E-state index contributed by atoms with van der Waals surface area (Å²) in [5.74, 6) is 0.789. The van der Waals surface area contributed by atoms with E-state index < -0.39 is 0 Å². The number of rotatable bonds is 4. The van der Waals surface area contributed by atoms with Gasteiger partial charge in [-0.15, -0.1) is 22.7 Å². The van der Waals surface area contributed by atoms with Crippen molar-refractivity contribution in [2.24, 2.45) is 0 Å². The number of aromatic nitrogens is 2. The lowest BCUT2D eigenvalue weighted by molar-refractivity contribution is 0.0631. The highest BCUT2D eigenvalue weighted by molar-refractivity contribution is 7.15. The molecule has 1 saturated carbocycles. The molecule has 1 amide bonds. The monoisotopic (exact) mass is 400 g/mol. The highest BCUT2D eigenvalue weighted by atomic mass is 32.1. The Bertz CT molecular complexity index is 1040. The van der Waals surface area contributed by atoms with E-state index in [1.54, 1.807) is 28.0 Å². The maximum atomic E-state index is 12.9. The number of nitrogens with zero attached hydrogens (tertiary/aromatic N) is 4. The number of amides is 1. The van der Waals surface area contributed by atoms with Crippen LogP contribution < -0.4 is 5.56 Å². The molecule has 2 fully saturated rings. The number of hydrogen-bond acceptors (Lipinski definition) is 6. The molecule has 0 unspecified atom stereocenters. The molecule has 2 aliphatic rings. The maximum Gasteiger partial charge on any atom is 0.264 e. The van der Waals surface area contributed by atoms with Crippen LogP contribution in [0.4, 0.5) is 0 Å². The molecule has 3 aromatic heterocycles. The van der Waals surface area contributed by atoms with Crippen molar-refractivity contribution in [1.82, 2.24) is 19.2 Å². The van der Waals surface area contributed by atoms with Crippen molar-refractivity contribution in [3.63, 3.8) is 0 Å². The average molecular weight is 401 g/mol. The van der Waals surface area contributed by atoms with Crippen molar-refractivity contribution in [3.05, 3.63) is 55.6 Å². The van der Waals surface area contributed by atoms with E-state index in [1.165, 1.54) is 29.7 Å². The molecule has 1 aliphatic heterocycles. The van der Waals surface area contributed by atoms with Gasteiger partial charge in [0.1, 0.15) is 0 Å². The predicted molar refractivity (Wildman–Crippen MR) is 107 cm³/mol. The van der Waals surface area contributed by atoms with Crippen molar-refractivity contribution >= 4 is 33.5 Å². The van der Waals surface area contributed by atoms with Gasteiger partial charge in [-0.05, 0) is 35.8 Å². The molecule has 8 heteroatoms. The molecule has 140 valence electrons. The van der Waals surface area contributed by atoms with E-state index in [4.69, 9.17) is 0 Å². The van der Waals surface area contributed by atoms with E-state index >= 15 is 0 Å². The Balaban J connectivity index is 1.24. The summed E-state index contributed by atoms with van der Waals surface area (Å²) in [6.07, 6.45) is 4.18. The zero-order valence-corrected chi connectivity index (χ0v) is 16.5. The quantitative estimate of drug-likeness (QED) is 0.676. The molecule has 1 saturated heterocycles. The van der Waals surface area contributed by atoms with Crippen LogP contribution in [-0.2, 0) is 6.54 Å². The Morgan fingerprint density at radius 1 is 1.15 bits per heavy atom. The van der Waals surface area contributed by atoms with Gasteiger partial charge in [-0.25, -0.2) is 4.98 Å². The van der Waals surface area contributed by atoms with Gasteiger partial charge in [0.05, 0.1) is 10.6 Å². The molecular formula is C19H20N4O2S2. The van der Waals surface area contributed by atoms with Gasteiger partial charge in [-0.3, -0.25) is 18.9 Å². The van der Waals surface area contributed by atoms with E-state index in [2.05, 4.69) is 16.0 Å². The zero-order valence-electron chi connectivity index (χ0n) is 14.8. The van der Waals surface area contributed by atoms with Crippen LogP contribution in [0.3, 0.4) is 0 Å². The van der Waals surface area contributed by atoms with Crippen molar-refractivity contribution in [3.8, 4) is 0 Å². The van der Waals surface area contributed by atoms with E-state index in [0.29, 0.717) is 12.5 Å². The highest BCUT2D eigenvalue weighted by Crippen LogP contribution is 2.43. The second-order valence-electron chi connectivity index (χ2n) is 7.19. The summed E-state index contributed by atoms with van der Waals surface area (Å²) < 4.78 is 1.57. The maximum absolute atomic E-state index is 12.9. The summed E-state index contributed by atoms with van der Waals surface area (Å²) in [4.78, 5) is 35.5. The van der Waals surface area contributed by atoms with Gasteiger partial charge < -0.3 is 4.90 Å². The van der Waals surface area contributed by atoms with Crippen molar-refractivity contribution < 1.29 is 4.79 Å². The van der Waals surface area contributed by atoms with Gasteiger partial charge in [0.15, 0.2) is 4.96 Å². The largest absolute Gasteiger partial charge is 0.335 e. The van der Waals surface area contributed by atoms with Gasteiger partial charge in [0.25, 0.3) is 11.5 Å². The Morgan fingerprint density at radius 3 is 2.74 bits per heavy atom. The molecule has 4 heterocycles. The van der Waals surface area contributed by atoms with Gasteiger partial charge >= 0.3 is 0 Å². The number of fused-ring (bicyclic) bond motifs is 1. The molecule has 3 aromatic rings. The molecular weight excluding hydrogens is 380 g/mol. The third-order valence-corrected chi connectivity index (χ3v) is 6.98. The molecule has 5 rings (SSSR count). The topological polar surface area (TPSA) is 57.9 Å². The van der Waals surface area contributed by atoms with Crippen LogP contribution in [0.15, 0.2) is 33.9 Å². The summed E-state index contributed by atoms with van der Waals surface area (Å²) in [5.41, 5.74) is 2.02. The fourth-order valence-electron chi connectivity index (χ4n) is 3.66. The van der Waals surface area contributed by atoms with Crippen LogP contribution in [-0.4, -0.2) is 51.3 Å². The molecule has 27 heavy (non-hydrogen) atoms. The van der Waals surface area contributed by atoms with Crippen LogP contribution in [0.1, 0.15) is 39.7 Å². The van der Waals surface area contributed by atoms with Gasteiger partial charge in [-0.1, -0.05) is 0 Å². The van der Waals surface area contributed by atoms with E-state index in [1.807, 2.05) is 15.7 Å². The predicted octanol–water partition coefficient (Wildman–Crippen LogP) is 2.65. The Morgan fingerprint density at radius 2 is 1.96 bits per heavy atom. The summed E-state index contributed by atoms with van der Waals surface area (Å²) in [6.45, 7) is 3.71. The van der Waals surface area contributed by atoms with Crippen LogP contribution in [0.2, 0.25) is 0 Å². The molecule has 0 atom stereocenters. The number of piperazine rings is 1. The van der Waals surface area contributed by atoms with Gasteiger partial charge in [0.2, 0.25) is 0 Å². The number of thiazole rings is 1. The first-order valence-corrected chi connectivity index (χ1v) is 11.0. The lowest BCUT2D eigenvalue weighted by atomic mass is 10.1. The first kappa shape index (κ1) is 17.1. The summed E-state index contributed by atoms with van der Waals surface area (Å²) in [6, 6.07) is 3.74. The molecule has 0 aromatic carbocycles. The van der Waals surface area contributed by atoms with Crippen molar-refractivity contribution in [2.45, 2.75) is 25.3 Å². The normalized spacial score (nSPS) is 18.3. The third kappa shape index (κ3) is 3.33. The number of carbonyl (C=O) groups excluding carboxylic acids is 1. The third-order valence-electron chi connectivity index (χ3n) is 5.31. The lowest BCUT2D eigenvalue weighted by Gasteiger charge is -2.34. The minimum atomic E-state index is -0.0321. The SMILES string of the molecule is O=C(c1sccc1C1CC1)N1CCN(Cc2cc(=O)n3ccsc3n2)CC1. The fourth-order valence-corrected chi connectivity index (χ4v) is 5.35. The number of hydrogen-bond donors (Lipinski definition) is 0. The molecule has 0 spiro atoms. The Labute approximate surface area is 164 Å². The van der Waals surface area contributed by atoms with Crippen molar-refractivity contribution in [1.29, 1.82) is 0 Å². The molecule has 6 nitrogen and oxygen atoms in total. The zero-order chi connectivity index (χ0) is 18.4. The van der Waals surface area contributed by atoms with E-state index in [-0.39, 0.29) is 11.5 Å². The second kappa shape index (κ2) is 6.85. The first-order chi connectivity index (χ1) is 13.2. The summed E-state index contributed by atoms with van der Waals surface area (Å²) in [7, 11) is 0. The second-order valence-corrected chi connectivity index (χ2v) is 8.98. The van der Waals surface area contributed by atoms with E-state index in [9.17, 15) is 9.59 Å². The minimum Gasteiger partial charge on any atom is -0.335 e. The van der Waals surface area contributed by atoms with Crippen LogP contribution in [0.25, 0.3) is 4.96 Å². The van der Waals surface area contributed by atoms with Crippen LogP contribution >= 0.6 is 22.7 Å². The minimum absolute atomic E-state index is 0.0321. The molecule has 0 radical (unpaired) electrons. The van der Waals surface area contributed by atoms with Crippen molar-refractivity contribution in [2.75, 3.05) is 26.2 Å². The molecule has 0 N–H and O–H groups in total. The average Bonchev–Trinajstić information content (AvgIpc) is 3.20. The fraction of sp³-hybridized carbons (Fsp3) is 0.421. The summed E-state index contributed by atoms with van der Waals surface area (Å²) in [5, 5.41) is 3.92. The number of carbonyl (C=O) groups is 1. The summed E-state index contributed by atoms with van der Waals surface area (Å²) >= 11 is 3.05. The Kier molecular flexibility index (Phi) is 4.34. The number of thiophene rings is 1.